The number of ether oxygens (including phenoxy) is 1. The fourth-order valence-electron chi connectivity index (χ4n) is 3.65. The molecule has 0 bridgehead atoms. The van der Waals surface area contributed by atoms with E-state index in [9.17, 15) is 14.4 Å². The molecule has 4 aromatic carbocycles. The van der Waals surface area contributed by atoms with E-state index >= 15 is 0 Å². The number of aryl methyl sites for hydroxylation is 2. The average Bonchev–Trinajstić information content (AvgIpc) is 2.90. The summed E-state index contributed by atoms with van der Waals surface area (Å²) in [6.45, 7) is 3.92. The Balaban J connectivity index is 1.52. The maximum absolute atomic E-state index is 12.8. The zero-order valence-corrected chi connectivity index (χ0v) is 19.9. The summed E-state index contributed by atoms with van der Waals surface area (Å²) in [5, 5.41) is 8.16. The van der Waals surface area contributed by atoms with Crippen LogP contribution in [-0.4, -0.2) is 24.0 Å². The third-order valence-corrected chi connectivity index (χ3v) is 5.57. The number of hydrogen-bond acceptors (Lipinski definition) is 5. The molecule has 7 nitrogen and oxygen atoms in total. The molecule has 4 aromatic rings. The van der Waals surface area contributed by atoms with Gasteiger partial charge in [0.05, 0.1) is 11.8 Å². The highest BCUT2D eigenvalue weighted by atomic mass is 16.5. The summed E-state index contributed by atoms with van der Waals surface area (Å²) in [7, 11) is 0. The van der Waals surface area contributed by atoms with Gasteiger partial charge in [0.1, 0.15) is 5.75 Å². The molecule has 36 heavy (non-hydrogen) atoms. The lowest BCUT2D eigenvalue weighted by Crippen LogP contribution is -2.32. The first-order valence-electron chi connectivity index (χ1n) is 11.5. The third-order valence-electron chi connectivity index (χ3n) is 5.57. The second-order valence-electron chi connectivity index (χ2n) is 8.16. The van der Waals surface area contributed by atoms with Crippen molar-refractivity contribution in [3.63, 3.8) is 0 Å². The number of nitrogens with zero attached hydrogens (tertiary/aromatic N) is 1. The van der Waals surface area contributed by atoms with Crippen molar-refractivity contribution in [1.82, 2.24) is 5.43 Å². The van der Waals surface area contributed by atoms with Crippen LogP contribution >= 0.6 is 0 Å². The smallest absolute Gasteiger partial charge is 0.343 e. The Bertz CT molecular complexity index is 1460. The number of hydrogen-bond donors (Lipinski definition) is 2. The van der Waals surface area contributed by atoms with Gasteiger partial charge in [0.2, 0.25) is 0 Å². The Labute approximate surface area is 208 Å². The van der Waals surface area contributed by atoms with Crippen LogP contribution in [0.2, 0.25) is 0 Å². The number of carbonyl (C=O) groups is 3. The highest BCUT2D eigenvalue weighted by molar-refractivity contribution is 6.39. The second kappa shape index (κ2) is 11.1. The Hall–Kier alpha value is -4.78. The van der Waals surface area contributed by atoms with Crippen LogP contribution in [0, 0.1) is 6.92 Å². The number of esters is 1. The molecule has 0 atom stereocenters. The molecule has 0 aliphatic heterocycles. The van der Waals surface area contributed by atoms with Gasteiger partial charge in [0.15, 0.2) is 0 Å². The number of rotatable bonds is 6. The number of hydrazone groups is 1. The van der Waals surface area contributed by atoms with Crippen LogP contribution in [0.4, 0.5) is 5.69 Å². The Morgan fingerprint density at radius 2 is 1.67 bits per heavy atom. The number of amides is 2. The SMILES string of the molecule is CCc1ccc(NC(=O)C(=O)N/N=C/c2c(OC(=O)c3cccc(C)c3)ccc3ccccc23)cc1. The molecular weight excluding hydrogens is 454 g/mol. The van der Waals surface area contributed by atoms with Crippen molar-refractivity contribution in [2.45, 2.75) is 20.3 Å². The molecule has 0 fully saturated rings. The maximum atomic E-state index is 12.8. The van der Waals surface area contributed by atoms with E-state index in [2.05, 4.69) is 15.8 Å². The van der Waals surface area contributed by atoms with Crippen LogP contribution in [0.1, 0.15) is 34.0 Å². The molecule has 2 amide bonds. The molecule has 4 rings (SSSR count). The minimum absolute atomic E-state index is 0.277. The van der Waals surface area contributed by atoms with Gasteiger partial charge in [-0.15, -0.1) is 0 Å². The van der Waals surface area contributed by atoms with Crippen molar-refractivity contribution in [3.8, 4) is 5.75 Å². The monoisotopic (exact) mass is 479 g/mol. The first kappa shape index (κ1) is 24.3. The van der Waals surface area contributed by atoms with Gasteiger partial charge in [-0.2, -0.15) is 5.10 Å². The lowest BCUT2D eigenvalue weighted by molar-refractivity contribution is -0.136. The highest BCUT2D eigenvalue weighted by Crippen LogP contribution is 2.27. The average molecular weight is 480 g/mol. The zero-order chi connectivity index (χ0) is 25.5. The predicted octanol–water partition coefficient (Wildman–Crippen LogP) is 5.02. The van der Waals surface area contributed by atoms with Gasteiger partial charge in [0, 0.05) is 11.3 Å². The molecular formula is C29H25N3O4. The molecule has 0 aliphatic rings. The number of carbonyl (C=O) groups excluding carboxylic acids is 3. The molecule has 0 aromatic heterocycles. The van der Waals surface area contributed by atoms with Gasteiger partial charge >= 0.3 is 17.8 Å². The number of fused-ring (bicyclic) bond motifs is 1. The van der Waals surface area contributed by atoms with Crippen LogP contribution in [0.3, 0.4) is 0 Å². The van der Waals surface area contributed by atoms with Crippen LogP contribution in [0.5, 0.6) is 5.75 Å². The molecule has 0 saturated carbocycles. The Kier molecular flexibility index (Phi) is 7.51. The summed E-state index contributed by atoms with van der Waals surface area (Å²) in [5.41, 5.74) is 5.71. The number of benzene rings is 4. The molecule has 0 heterocycles. The maximum Gasteiger partial charge on any atom is 0.343 e. The largest absolute Gasteiger partial charge is 0.422 e. The first-order chi connectivity index (χ1) is 17.4. The van der Waals surface area contributed by atoms with Gasteiger partial charge in [0.25, 0.3) is 0 Å². The summed E-state index contributed by atoms with van der Waals surface area (Å²) in [4.78, 5) is 37.3. The topological polar surface area (TPSA) is 96.9 Å². The minimum Gasteiger partial charge on any atom is -0.422 e. The summed E-state index contributed by atoms with van der Waals surface area (Å²) >= 11 is 0. The van der Waals surface area contributed by atoms with Crippen LogP contribution < -0.4 is 15.5 Å². The van der Waals surface area contributed by atoms with E-state index in [-0.39, 0.29) is 5.75 Å². The van der Waals surface area contributed by atoms with Crippen LogP contribution in [0.15, 0.2) is 90.0 Å². The van der Waals surface area contributed by atoms with Crippen molar-refractivity contribution < 1.29 is 19.1 Å². The number of nitrogens with one attached hydrogen (secondary N) is 2. The van der Waals surface area contributed by atoms with Crippen molar-refractivity contribution in [1.29, 1.82) is 0 Å². The fourth-order valence-corrected chi connectivity index (χ4v) is 3.65. The highest BCUT2D eigenvalue weighted by Gasteiger charge is 2.15. The summed E-state index contributed by atoms with van der Waals surface area (Å²) < 4.78 is 5.68. The minimum atomic E-state index is -0.927. The Morgan fingerprint density at radius 3 is 2.42 bits per heavy atom. The van der Waals surface area contributed by atoms with E-state index in [0.29, 0.717) is 16.8 Å². The summed E-state index contributed by atoms with van der Waals surface area (Å²) in [6.07, 6.45) is 2.24. The third kappa shape index (κ3) is 5.82. The predicted molar refractivity (Wildman–Crippen MR) is 140 cm³/mol. The fraction of sp³-hybridized carbons (Fsp3) is 0.103. The second-order valence-corrected chi connectivity index (χ2v) is 8.16. The van der Waals surface area contributed by atoms with Gasteiger partial charge in [-0.1, -0.05) is 67.1 Å². The Morgan fingerprint density at radius 1 is 0.889 bits per heavy atom. The normalized spacial score (nSPS) is 10.8. The van der Waals surface area contributed by atoms with Crippen molar-refractivity contribution in [3.05, 3.63) is 107 Å². The zero-order valence-electron chi connectivity index (χ0n) is 19.9. The molecule has 2 N–H and O–H groups in total. The van der Waals surface area contributed by atoms with Gasteiger partial charge in [-0.3, -0.25) is 9.59 Å². The van der Waals surface area contributed by atoms with E-state index < -0.39 is 17.8 Å². The van der Waals surface area contributed by atoms with Crippen molar-refractivity contribution in [2.24, 2.45) is 5.10 Å². The van der Waals surface area contributed by atoms with E-state index in [1.807, 2.05) is 62.4 Å². The van der Waals surface area contributed by atoms with E-state index in [1.54, 1.807) is 36.4 Å². The van der Waals surface area contributed by atoms with E-state index in [4.69, 9.17) is 4.74 Å². The first-order valence-corrected chi connectivity index (χ1v) is 11.5. The van der Waals surface area contributed by atoms with Crippen molar-refractivity contribution >= 4 is 40.5 Å². The molecule has 0 radical (unpaired) electrons. The molecule has 7 heteroatoms. The van der Waals surface area contributed by atoms with Gasteiger partial charge in [-0.05, 0) is 60.0 Å². The lowest BCUT2D eigenvalue weighted by Gasteiger charge is -2.11. The quantitative estimate of drug-likeness (QED) is 0.133. The van der Waals surface area contributed by atoms with E-state index in [0.717, 1.165) is 28.3 Å². The lowest BCUT2D eigenvalue weighted by atomic mass is 10.0. The van der Waals surface area contributed by atoms with Crippen LogP contribution in [-0.2, 0) is 16.0 Å². The standard InChI is InChI=1S/C29H25N3O4/c1-3-20-11-14-23(15-12-20)31-27(33)28(34)32-30-18-25-24-10-5-4-8-21(24)13-16-26(25)36-29(35)22-9-6-7-19(2)17-22/h4-18H,3H2,1-2H3,(H,31,33)(H,32,34)/b30-18+. The van der Waals surface area contributed by atoms with Gasteiger partial charge in [-0.25, -0.2) is 10.2 Å². The van der Waals surface area contributed by atoms with E-state index in [1.165, 1.54) is 6.21 Å². The number of anilines is 1. The molecule has 0 aliphatic carbocycles. The summed E-state index contributed by atoms with van der Waals surface area (Å²) in [6, 6.07) is 25.3. The van der Waals surface area contributed by atoms with Gasteiger partial charge < -0.3 is 10.1 Å². The molecule has 180 valence electrons. The summed E-state index contributed by atoms with van der Waals surface area (Å²) in [5.74, 6) is -2.01. The van der Waals surface area contributed by atoms with Crippen LogP contribution in [0.25, 0.3) is 10.8 Å². The molecule has 0 spiro atoms. The molecule has 0 unspecified atom stereocenters. The molecule has 0 saturated heterocycles. The van der Waals surface area contributed by atoms with Crippen molar-refractivity contribution in [2.75, 3.05) is 5.32 Å².